The molecule has 0 spiro atoms. The van der Waals surface area contributed by atoms with Gasteiger partial charge in [0.2, 0.25) is 5.91 Å². The highest BCUT2D eigenvalue weighted by atomic mass is 19.4. The van der Waals surface area contributed by atoms with Crippen LogP contribution in [0.3, 0.4) is 0 Å². The Balaban J connectivity index is 1.04. The van der Waals surface area contributed by atoms with Crippen LogP contribution < -0.4 is 16.0 Å². The number of anilines is 2. The number of pyridine rings is 1. The molecule has 0 bridgehead atoms. The lowest BCUT2D eigenvalue weighted by Crippen LogP contribution is -2.42. The second-order valence-corrected chi connectivity index (χ2v) is 9.69. The highest BCUT2D eigenvalue weighted by Gasteiger charge is 2.32. The highest BCUT2D eigenvalue weighted by molar-refractivity contribution is 5.78. The van der Waals surface area contributed by atoms with Gasteiger partial charge < -0.3 is 16.0 Å². The predicted octanol–water partition coefficient (Wildman–Crippen LogP) is 3.99. The molecular weight excluding hydrogens is 485 g/mol. The van der Waals surface area contributed by atoms with Crippen molar-refractivity contribution in [3.8, 4) is 0 Å². The third-order valence-electron chi connectivity index (χ3n) is 6.70. The Kier molecular flexibility index (Phi) is 7.36. The monoisotopic (exact) mass is 514 g/mol. The molecule has 3 heterocycles. The standard InChI is InChI=1S/C25H29F3N8O/c26-25(27,28)20-11-15(7-9-29-20)12-24(37)32-18-5-3-17(4-6-18)31-14-23-30-10-8-21(34-23)33-22-13-19(35-36-22)16-1-2-16/h7-11,13,16-18,31H,1-6,12,14H2,(H,32,37)(H2,30,33,34,35,36). The van der Waals surface area contributed by atoms with Crippen molar-refractivity contribution in [3.63, 3.8) is 0 Å². The fourth-order valence-electron chi connectivity index (χ4n) is 4.57. The zero-order valence-corrected chi connectivity index (χ0v) is 20.2. The number of rotatable bonds is 9. The van der Waals surface area contributed by atoms with E-state index in [1.165, 1.54) is 18.9 Å². The fourth-order valence-corrected chi connectivity index (χ4v) is 4.57. The first-order valence-electron chi connectivity index (χ1n) is 12.5. The van der Waals surface area contributed by atoms with Crippen LogP contribution in [0.15, 0.2) is 36.7 Å². The number of halogens is 3. The molecule has 5 rings (SSSR count). The smallest absolute Gasteiger partial charge is 0.353 e. The third-order valence-corrected chi connectivity index (χ3v) is 6.70. The number of H-pyrrole nitrogens is 1. The molecular formula is C25H29F3N8O. The summed E-state index contributed by atoms with van der Waals surface area (Å²) in [5.74, 6) is 2.42. The van der Waals surface area contributed by atoms with Gasteiger partial charge >= 0.3 is 6.18 Å². The van der Waals surface area contributed by atoms with Gasteiger partial charge in [-0.3, -0.25) is 14.9 Å². The first-order valence-corrected chi connectivity index (χ1v) is 12.5. The average molecular weight is 515 g/mol. The lowest BCUT2D eigenvalue weighted by molar-refractivity contribution is -0.141. The van der Waals surface area contributed by atoms with Gasteiger partial charge in [-0.15, -0.1) is 0 Å². The molecule has 0 atom stereocenters. The Bertz CT molecular complexity index is 1220. The molecule has 0 unspecified atom stereocenters. The zero-order chi connectivity index (χ0) is 25.8. The van der Waals surface area contributed by atoms with E-state index in [9.17, 15) is 18.0 Å². The molecule has 0 aromatic carbocycles. The molecule has 0 aliphatic heterocycles. The molecule has 196 valence electrons. The number of hydrogen-bond acceptors (Lipinski definition) is 7. The number of nitrogens with one attached hydrogen (secondary N) is 4. The van der Waals surface area contributed by atoms with Gasteiger partial charge in [-0.2, -0.15) is 18.3 Å². The van der Waals surface area contributed by atoms with Gasteiger partial charge in [-0.1, -0.05) is 0 Å². The summed E-state index contributed by atoms with van der Waals surface area (Å²) in [6, 6.07) is 6.46. The molecule has 4 N–H and O–H groups in total. The first kappa shape index (κ1) is 25.1. The molecule has 2 fully saturated rings. The molecule has 3 aromatic heterocycles. The van der Waals surface area contributed by atoms with Gasteiger partial charge in [-0.05, 0) is 62.3 Å². The quantitative estimate of drug-likeness (QED) is 0.341. The van der Waals surface area contributed by atoms with E-state index in [-0.39, 0.29) is 24.4 Å². The topological polar surface area (TPSA) is 121 Å². The molecule has 3 aromatic rings. The van der Waals surface area contributed by atoms with Crippen LogP contribution >= 0.6 is 0 Å². The zero-order valence-electron chi connectivity index (χ0n) is 20.2. The van der Waals surface area contributed by atoms with Crippen LogP contribution in [0.25, 0.3) is 0 Å². The molecule has 2 aliphatic rings. The van der Waals surface area contributed by atoms with Crippen LogP contribution in [0.5, 0.6) is 0 Å². The summed E-state index contributed by atoms with van der Waals surface area (Å²) in [4.78, 5) is 24.6. The minimum absolute atomic E-state index is 0.00707. The average Bonchev–Trinajstić information content (AvgIpc) is 3.62. The van der Waals surface area contributed by atoms with E-state index >= 15 is 0 Å². The van der Waals surface area contributed by atoms with Gasteiger partial charge in [0.1, 0.15) is 17.3 Å². The van der Waals surface area contributed by atoms with Crippen molar-refractivity contribution in [3.05, 3.63) is 59.4 Å². The minimum atomic E-state index is -4.53. The van der Waals surface area contributed by atoms with Crippen molar-refractivity contribution in [1.29, 1.82) is 0 Å². The van der Waals surface area contributed by atoms with Crippen LogP contribution in [0, 0.1) is 0 Å². The van der Waals surface area contributed by atoms with E-state index < -0.39 is 11.9 Å². The van der Waals surface area contributed by atoms with E-state index in [1.807, 2.05) is 6.07 Å². The molecule has 2 saturated carbocycles. The van der Waals surface area contributed by atoms with E-state index in [0.29, 0.717) is 29.7 Å². The number of carbonyl (C=O) groups excluding carboxylic acids is 1. The molecule has 0 radical (unpaired) electrons. The fraction of sp³-hybridized carbons (Fsp3) is 0.480. The SMILES string of the molecule is O=C(Cc1ccnc(C(F)(F)F)c1)NC1CCC(NCc2nccc(Nc3cc(C4CC4)[nH]n3)n2)CC1. The summed E-state index contributed by atoms with van der Waals surface area (Å²) in [7, 11) is 0. The van der Waals surface area contributed by atoms with E-state index in [1.54, 1.807) is 12.3 Å². The lowest BCUT2D eigenvalue weighted by Gasteiger charge is -2.29. The number of hydrogen-bond donors (Lipinski definition) is 4. The highest BCUT2D eigenvalue weighted by Crippen LogP contribution is 2.39. The van der Waals surface area contributed by atoms with Crippen LogP contribution in [-0.4, -0.2) is 43.1 Å². The second kappa shape index (κ2) is 10.8. The van der Waals surface area contributed by atoms with Crippen molar-refractivity contribution in [2.45, 2.75) is 75.7 Å². The van der Waals surface area contributed by atoms with Gasteiger partial charge in [0.05, 0.1) is 13.0 Å². The van der Waals surface area contributed by atoms with Crippen molar-refractivity contribution >= 4 is 17.5 Å². The number of carbonyl (C=O) groups is 1. The van der Waals surface area contributed by atoms with Crippen molar-refractivity contribution in [2.24, 2.45) is 0 Å². The van der Waals surface area contributed by atoms with Crippen molar-refractivity contribution < 1.29 is 18.0 Å². The Morgan fingerprint density at radius 3 is 2.49 bits per heavy atom. The van der Waals surface area contributed by atoms with Crippen LogP contribution in [0.4, 0.5) is 24.8 Å². The maximum Gasteiger partial charge on any atom is 0.433 e. The lowest BCUT2D eigenvalue weighted by atomic mass is 9.91. The number of aromatic amines is 1. The van der Waals surface area contributed by atoms with Gasteiger partial charge in [0.15, 0.2) is 5.82 Å². The summed E-state index contributed by atoms with van der Waals surface area (Å²) >= 11 is 0. The van der Waals surface area contributed by atoms with Gasteiger partial charge in [0, 0.05) is 42.2 Å². The Labute approximate surface area is 212 Å². The number of nitrogens with zero attached hydrogens (tertiary/aromatic N) is 4. The Hall–Kier alpha value is -3.54. The van der Waals surface area contributed by atoms with Crippen LogP contribution in [0.2, 0.25) is 0 Å². The molecule has 1 amide bonds. The van der Waals surface area contributed by atoms with Crippen LogP contribution in [0.1, 0.15) is 67.2 Å². The Morgan fingerprint density at radius 1 is 0.973 bits per heavy atom. The van der Waals surface area contributed by atoms with Gasteiger partial charge in [0.25, 0.3) is 0 Å². The van der Waals surface area contributed by atoms with Crippen molar-refractivity contribution in [1.82, 2.24) is 35.8 Å². The van der Waals surface area contributed by atoms with E-state index in [2.05, 4.69) is 41.1 Å². The third kappa shape index (κ3) is 7.03. The first-order chi connectivity index (χ1) is 17.8. The summed E-state index contributed by atoms with van der Waals surface area (Å²) in [5.41, 5.74) is 0.458. The molecule has 0 saturated heterocycles. The second-order valence-electron chi connectivity index (χ2n) is 9.69. The van der Waals surface area contributed by atoms with Crippen molar-refractivity contribution in [2.75, 3.05) is 5.32 Å². The molecule has 2 aliphatic carbocycles. The van der Waals surface area contributed by atoms with Crippen LogP contribution in [-0.2, 0) is 23.9 Å². The molecule has 12 heteroatoms. The summed E-state index contributed by atoms with van der Waals surface area (Å²) in [6.07, 6.45) is 3.89. The maximum atomic E-state index is 12.8. The van der Waals surface area contributed by atoms with E-state index in [4.69, 9.17) is 0 Å². The predicted molar refractivity (Wildman–Crippen MR) is 130 cm³/mol. The maximum absolute atomic E-state index is 12.8. The number of amides is 1. The Morgan fingerprint density at radius 2 is 1.73 bits per heavy atom. The number of aromatic nitrogens is 5. The molecule has 9 nitrogen and oxygen atoms in total. The minimum Gasteiger partial charge on any atom is -0.353 e. The number of alkyl halides is 3. The molecule has 37 heavy (non-hydrogen) atoms. The largest absolute Gasteiger partial charge is 0.433 e. The summed E-state index contributed by atoms with van der Waals surface area (Å²) in [6.45, 7) is 0.523. The normalized spacial score (nSPS) is 20.0. The summed E-state index contributed by atoms with van der Waals surface area (Å²) in [5, 5.41) is 17.0. The summed E-state index contributed by atoms with van der Waals surface area (Å²) < 4.78 is 38.5. The van der Waals surface area contributed by atoms with E-state index in [0.717, 1.165) is 49.5 Å². The van der Waals surface area contributed by atoms with Gasteiger partial charge in [-0.25, -0.2) is 9.97 Å².